The second-order valence-corrected chi connectivity index (χ2v) is 7.77. The van der Waals surface area contributed by atoms with E-state index >= 15 is 0 Å². The van der Waals surface area contributed by atoms with Gasteiger partial charge in [-0.15, -0.1) is 11.3 Å². The van der Waals surface area contributed by atoms with E-state index < -0.39 is 0 Å². The lowest BCUT2D eigenvalue weighted by Crippen LogP contribution is -2.14. The molecule has 2 heterocycles. The Labute approximate surface area is 162 Å². The third-order valence-electron chi connectivity index (χ3n) is 4.98. The molecule has 140 valence electrons. The molecule has 1 unspecified atom stereocenters. The summed E-state index contributed by atoms with van der Waals surface area (Å²) in [5.74, 6) is 0.853. The van der Waals surface area contributed by atoms with Gasteiger partial charge in [-0.25, -0.2) is 9.67 Å². The molecular formula is C20H22N4O2S. The number of methoxy groups -OCH3 is 1. The van der Waals surface area contributed by atoms with Crippen molar-refractivity contribution in [1.82, 2.24) is 14.8 Å². The van der Waals surface area contributed by atoms with Gasteiger partial charge in [-0.3, -0.25) is 10.1 Å². The molecular weight excluding hydrogens is 360 g/mol. The van der Waals surface area contributed by atoms with Crippen LogP contribution in [0.25, 0.3) is 5.69 Å². The van der Waals surface area contributed by atoms with Crippen molar-refractivity contribution in [3.8, 4) is 11.4 Å². The fraction of sp³-hybridized carbons (Fsp3) is 0.350. The van der Waals surface area contributed by atoms with Crippen molar-refractivity contribution < 1.29 is 9.53 Å². The summed E-state index contributed by atoms with van der Waals surface area (Å²) in [6.07, 6.45) is 6.13. The summed E-state index contributed by atoms with van der Waals surface area (Å²) in [7, 11) is 1.54. The molecule has 6 nitrogen and oxygen atoms in total. The molecule has 4 rings (SSSR count). The van der Waals surface area contributed by atoms with E-state index in [2.05, 4.69) is 22.3 Å². The SMILES string of the molecule is CCC1CCc2nc(NC(=O)c3nn(-c4ccccc4)cc3OC)sc2C1. The molecule has 0 saturated carbocycles. The lowest BCUT2D eigenvalue weighted by molar-refractivity contribution is 0.101. The molecule has 0 bridgehead atoms. The molecule has 0 radical (unpaired) electrons. The first kappa shape index (κ1) is 17.7. The number of anilines is 1. The molecule has 0 fully saturated rings. The van der Waals surface area contributed by atoms with Gasteiger partial charge in [0.25, 0.3) is 5.91 Å². The Morgan fingerprint density at radius 1 is 1.37 bits per heavy atom. The highest BCUT2D eigenvalue weighted by Crippen LogP contribution is 2.33. The Morgan fingerprint density at radius 2 is 2.19 bits per heavy atom. The van der Waals surface area contributed by atoms with Crippen LogP contribution in [0.1, 0.15) is 40.8 Å². The number of rotatable bonds is 5. The minimum Gasteiger partial charge on any atom is -0.493 e. The highest BCUT2D eigenvalue weighted by Gasteiger charge is 2.24. The third kappa shape index (κ3) is 3.60. The maximum Gasteiger partial charge on any atom is 0.281 e. The van der Waals surface area contributed by atoms with E-state index in [9.17, 15) is 4.79 Å². The Kier molecular flexibility index (Phi) is 4.94. The van der Waals surface area contributed by atoms with Gasteiger partial charge in [0.2, 0.25) is 0 Å². The number of thiazole rings is 1. The lowest BCUT2D eigenvalue weighted by atomic mass is 9.89. The number of ether oxygens (including phenoxy) is 1. The first-order valence-electron chi connectivity index (χ1n) is 9.17. The molecule has 1 N–H and O–H groups in total. The summed E-state index contributed by atoms with van der Waals surface area (Å²) in [5, 5.41) is 7.95. The number of carbonyl (C=O) groups is 1. The van der Waals surface area contributed by atoms with Gasteiger partial charge in [-0.1, -0.05) is 31.5 Å². The number of nitrogens with zero attached hydrogens (tertiary/aromatic N) is 3. The molecule has 0 aliphatic heterocycles. The van der Waals surface area contributed by atoms with Crippen molar-refractivity contribution in [2.45, 2.75) is 32.6 Å². The maximum atomic E-state index is 12.8. The molecule has 0 saturated heterocycles. The van der Waals surface area contributed by atoms with Gasteiger partial charge in [0.05, 0.1) is 24.7 Å². The number of para-hydroxylation sites is 1. The number of amides is 1. The number of nitrogens with one attached hydrogen (secondary N) is 1. The normalized spacial score (nSPS) is 16.0. The van der Waals surface area contributed by atoms with Crippen LogP contribution in [0, 0.1) is 5.92 Å². The van der Waals surface area contributed by atoms with Gasteiger partial charge in [0, 0.05) is 4.88 Å². The summed E-state index contributed by atoms with van der Waals surface area (Å²) >= 11 is 1.58. The summed E-state index contributed by atoms with van der Waals surface area (Å²) in [4.78, 5) is 18.7. The van der Waals surface area contributed by atoms with Crippen LogP contribution in [-0.4, -0.2) is 27.8 Å². The lowest BCUT2D eigenvalue weighted by Gasteiger charge is -2.18. The van der Waals surface area contributed by atoms with Gasteiger partial charge >= 0.3 is 0 Å². The molecule has 3 aromatic rings. The molecule has 1 amide bonds. The summed E-state index contributed by atoms with van der Waals surface area (Å²) < 4.78 is 7.00. The monoisotopic (exact) mass is 382 g/mol. The van der Waals surface area contributed by atoms with E-state index in [1.54, 1.807) is 22.2 Å². The van der Waals surface area contributed by atoms with Crippen LogP contribution in [0.4, 0.5) is 5.13 Å². The van der Waals surface area contributed by atoms with Crippen molar-refractivity contribution in [2.24, 2.45) is 5.92 Å². The average Bonchev–Trinajstić information content (AvgIpc) is 3.31. The van der Waals surface area contributed by atoms with Gasteiger partial charge in [-0.05, 0) is 37.3 Å². The predicted molar refractivity (Wildman–Crippen MR) is 106 cm³/mol. The van der Waals surface area contributed by atoms with Crippen molar-refractivity contribution in [1.29, 1.82) is 0 Å². The topological polar surface area (TPSA) is 69.0 Å². The first-order valence-corrected chi connectivity index (χ1v) is 9.98. The van der Waals surface area contributed by atoms with Gasteiger partial charge < -0.3 is 4.74 Å². The molecule has 0 spiro atoms. The van der Waals surface area contributed by atoms with E-state index in [1.165, 1.54) is 24.8 Å². The van der Waals surface area contributed by atoms with Crippen molar-refractivity contribution in [3.05, 3.63) is 52.8 Å². The summed E-state index contributed by atoms with van der Waals surface area (Å²) in [5.41, 5.74) is 2.24. The second-order valence-electron chi connectivity index (χ2n) is 6.69. The van der Waals surface area contributed by atoms with E-state index in [1.807, 2.05) is 30.3 Å². The molecule has 1 aromatic carbocycles. The second kappa shape index (κ2) is 7.52. The van der Waals surface area contributed by atoms with Crippen LogP contribution in [-0.2, 0) is 12.8 Å². The zero-order chi connectivity index (χ0) is 18.8. The first-order chi connectivity index (χ1) is 13.2. The Morgan fingerprint density at radius 3 is 2.93 bits per heavy atom. The third-order valence-corrected chi connectivity index (χ3v) is 6.01. The summed E-state index contributed by atoms with van der Waals surface area (Å²) in [6.45, 7) is 2.23. The zero-order valence-corrected chi connectivity index (χ0v) is 16.3. The minimum atomic E-state index is -0.306. The number of aromatic nitrogens is 3. The van der Waals surface area contributed by atoms with Crippen molar-refractivity contribution >= 4 is 22.4 Å². The highest BCUT2D eigenvalue weighted by molar-refractivity contribution is 7.15. The zero-order valence-electron chi connectivity index (χ0n) is 15.4. The smallest absolute Gasteiger partial charge is 0.281 e. The van der Waals surface area contributed by atoms with Crippen molar-refractivity contribution in [3.63, 3.8) is 0 Å². The number of carbonyl (C=O) groups excluding carboxylic acids is 1. The molecule has 7 heteroatoms. The molecule has 27 heavy (non-hydrogen) atoms. The van der Waals surface area contributed by atoms with E-state index in [4.69, 9.17) is 4.74 Å². The molecule has 1 aliphatic rings. The Hall–Kier alpha value is -2.67. The van der Waals surface area contributed by atoms with Crippen LogP contribution in [0.3, 0.4) is 0 Å². The van der Waals surface area contributed by atoms with Gasteiger partial charge in [0.1, 0.15) is 0 Å². The maximum absolute atomic E-state index is 12.8. The fourth-order valence-electron chi connectivity index (χ4n) is 3.38. The average molecular weight is 382 g/mol. The van der Waals surface area contributed by atoms with Crippen LogP contribution < -0.4 is 10.1 Å². The quantitative estimate of drug-likeness (QED) is 0.721. The molecule has 2 aromatic heterocycles. The molecule has 1 aliphatic carbocycles. The number of hydrogen-bond donors (Lipinski definition) is 1. The Balaban J connectivity index is 1.55. The highest BCUT2D eigenvalue weighted by atomic mass is 32.1. The van der Waals surface area contributed by atoms with E-state index in [0.29, 0.717) is 10.9 Å². The van der Waals surface area contributed by atoms with Crippen LogP contribution in [0.2, 0.25) is 0 Å². The number of benzene rings is 1. The van der Waals surface area contributed by atoms with E-state index in [0.717, 1.165) is 30.1 Å². The number of hydrogen-bond acceptors (Lipinski definition) is 5. The van der Waals surface area contributed by atoms with Crippen molar-refractivity contribution in [2.75, 3.05) is 12.4 Å². The van der Waals surface area contributed by atoms with E-state index in [-0.39, 0.29) is 11.6 Å². The predicted octanol–water partition coefficient (Wildman–Crippen LogP) is 4.10. The van der Waals surface area contributed by atoms with Crippen LogP contribution in [0.5, 0.6) is 5.75 Å². The number of fused-ring (bicyclic) bond motifs is 1. The summed E-state index contributed by atoms with van der Waals surface area (Å²) in [6, 6.07) is 9.63. The minimum absolute atomic E-state index is 0.251. The van der Waals surface area contributed by atoms with Gasteiger partial charge in [-0.2, -0.15) is 5.10 Å². The van der Waals surface area contributed by atoms with Crippen LogP contribution in [0.15, 0.2) is 36.5 Å². The largest absolute Gasteiger partial charge is 0.493 e. The standard InChI is InChI=1S/C20H22N4O2S/c1-3-13-9-10-15-17(11-13)27-20(21-15)22-19(25)18-16(26-2)12-24(23-18)14-7-5-4-6-8-14/h4-8,12-13H,3,9-11H2,1-2H3,(H,21,22,25). The Bertz CT molecular complexity index is 948. The number of aryl methyl sites for hydroxylation is 1. The van der Waals surface area contributed by atoms with Gasteiger partial charge in [0.15, 0.2) is 16.6 Å². The van der Waals surface area contributed by atoms with Crippen LogP contribution >= 0.6 is 11.3 Å². The molecule has 1 atom stereocenters. The fourth-order valence-corrected chi connectivity index (χ4v) is 4.50.